The number of fused-ring (bicyclic) bond motifs is 1. The summed E-state index contributed by atoms with van der Waals surface area (Å²) < 4.78 is 0. The van der Waals surface area contributed by atoms with E-state index in [-0.39, 0.29) is 0 Å². The molecule has 4 bridgehead atoms. The van der Waals surface area contributed by atoms with Gasteiger partial charge in [-0.15, -0.1) is 11.3 Å². The SMILES string of the molecule is Nc1nc(C23CC4C[C@@H](CC[C@@H](C4)C2)C3)cs1. The highest BCUT2D eigenvalue weighted by Crippen LogP contribution is 2.58. The number of nitrogens with two attached hydrogens (primary N) is 1. The molecule has 0 spiro atoms. The first kappa shape index (κ1) is 10.4. The Morgan fingerprint density at radius 3 is 2.35 bits per heavy atom. The van der Waals surface area contributed by atoms with Crippen molar-refractivity contribution in [3.05, 3.63) is 11.1 Å². The fourth-order valence-electron chi connectivity index (χ4n) is 5.04. The first-order chi connectivity index (χ1) is 8.23. The number of hydrogen-bond acceptors (Lipinski definition) is 3. The van der Waals surface area contributed by atoms with E-state index in [1.54, 1.807) is 11.3 Å². The van der Waals surface area contributed by atoms with Crippen LogP contribution >= 0.6 is 11.3 Å². The van der Waals surface area contributed by atoms with Crippen LogP contribution in [0.15, 0.2) is 5.38 Å². The third-order valence-corrected chi connectivity index (χ3v) is 6.09. The van der Waals surface area contributed by atoms with E-state index in [0.717, 1.165) is 22.9 Å². The van der Waals surface area contributed by atoms with Gasteiger partial charge in [0.25, 0.3) is 0 Å². The maximum Gasteiger partial charge on any atom is 0.180 e. The zero-order chi connectivity index (χ0) is 11.5. The second kappa shape index (κ2) is 3.47. The Balaban J connectivity index is 1.77. The summed E-state index contributed by atoms with van der Waals surface area (Å²) in [6, 6.07) is 0. The Kier molecular flexibility index (Phi) is 2.11. The van der Waals surface area contributed by atoms with Gasteiger partial charge in [-0.1, -0.05) is 12.8 Å². The summed E-state index contributed by atoms with van der Waals surface area (Å²) >= 11 is 1.63. The molecular weight excluding hydrogens is 228 g/mol. The normalized spacial score (nSPS) is 43.9. The fourth-order valence-corrected chi connectivity index (χ4v) is 5.72. The standard InChI is InChI=1S/C14H20N2S/c15-13-16-12(8-17-13)14-5-9-1-2-10(6-14)4-11(3-9)7-14/h8-11H,1-7H2,(H2,15,16)/t9-,10+,11?,14?. The van der Waals surface area contributed by atoms with Gasteiger partial charge in [0.2, 0.25) is 0 Å². The third kappa shape index (κ3) is 1.55. The number of nitrogen functional groups attached to an aromatic ring is 1. The van der Waals surface area contributed by atoms with E-state index < -0.39 is 0 Å². The average Bonchev–Trinajstić information content (AvgIpc) is 2.62. The number of anilines is 1. The average molecular weight is 248 g/mol. The molecule has 4 fully saturated rings. The summed E-state index contributed by atoms with van der Waals surface area (Å²) in [6.07, 6.45) is 10.1. The Hall–Kier alpha value is -0.570. The van der Waals surface area contributed by atoms with Crippen LogP contribution < -0.4 is 5.73 Å². The molecule has 92 valence electrons. The molecule has 5 rings (SSSR count). The van der Waals surface area contributed by atoms with Crippen LogP contribution in [0.25, 0.3) is 0 Å². The van der Waals surface area contributed by atoms with E-state index in [4.69, 9.17) is 5.73 Å². The third-order valence-electron chi connectivity index (χ3n) is 5.42. The minimum absolute atomic E-state index is 0.418. The van der Waals surface area contributed by atoms with E-state index in [1.807, 2.05) is 0 Å². The van der Waals surface area contributed by atoms with Gasteiger partial charge >= 0.3 is 0 Å². The summed E-state index contributed by atoms with van der Waals surface area (Å²) in [7, 11) is 0. The zero-order valence-corrected chi connectivity index (χ0v) is 11.0. The lowest BCUT2D eigenvalue weighted by Gasteiger charge is -2.47. The highest BCUT2D eigenvalue weighted by molar-refractivity contribution is 7.13. The molecule has 1 heterocycles. The zero-order valence-electron chi connectivity index (χ0n) is 10.2. The molecule has 0 radical (unpaired) electrons. The Morgan fingerprint density at radius 1 is 1.12 bits per heavy atom. The minimum Gasteiger partial charge on any atom is -0.375 e. The molecule has 0 saturated heterocycles. The van der Waals surface area contributed by atoms with E-state index in [0.29, 0.717) is 5.41 Å². The first-order valence-electron chi connectivity index (χ1n) is 6.95. The molecule has 0 aliphatic heterocycles. The molecule has 1 aromatic heterocycles. The Labute approximate surface area is 107 Å². The lowest BCUT2D eigenvalue weighted by molar-refractivity contribution is 0.0958. The monoisotopic (exact) mass is 248 g/mol. The molecule has 2 nitrogen and oxygen atoms in total. The van der Waals surface area contributed by atoms with Crippen molar-refractivity contribution in [2.45, 2.75) is 50.4 Å². The van der Waals surface area contributed by atoms with Crippen molar-refractivity contribution in [3.63, 3.8) is 0 Å². The molecule has 17 heavy (non-hydrogen) atoms. The fraction of sp³-hybridized carbons (Fsp3) is 0.786. The topological polar surface area (TPSA) is 38.9 Å². The molecule has 4 aliphatic carbocycles. The Bertz CT molecular complexity index is 423. The predicted molar refractivity (Wildman–Crippen MR) is 71.0 cm³/mol. The van der Waals surface area contributed by atoms with Crippen molar-refractivity contribution in [3.8, 4) is 0 Å². The highest BCUT2D eigenvalue weighted by atomic mass is 32.1. The number of aromatic nitrogens is 1. The molecule has 4 saturated carbocycles. The van der Waals surface area contributed by atoms with Gasteiger partial charge in [-0.25, -0.2) is 4.98 Å². The summed E-state index contributed by atoms with van der Waals surface area (Å²) in [5.41, 5.74) is 7.60. The highest BCUT2D eigenvalue weighted by Gasteiger charge is 2.50. The molecule has 0 aromatic carbocycles. The molecule has 4 atom stereocenters. The van der Waals surface area contributed by atoms with Crippen molar-refractivity contribution < 1.29 is 0 Å². The van der Waals surface area contributed by atoms with Crippen LogP contribution in [0.5, 0.6) is 0 Å². The summed E-state index contributed by atoms with van der Waals surface area (Å²) in [6.45, 7) is 0. The molecule has 3 heteroatoms. The van der Waals surface area contributed by atoms with Crippen molar-refractivity contribution in [2.24, 2.45) is 17.8 Å². The van der Waals surface area contributed by atoms with Crippen LogP contribution in [0, 0.1) is 17.8 Å². The van der Waals surface area contributed by atoms with E-state index in [9.17, 15) is 0 Å². The van der Waals surface area contributed by atoms with E-state index >= 15 is 0 Å². The molecule has 4 aliphatic rings. The molecule has 2 N–H and O–H groups in total. The van der Waals surface area contributed by atoms with Crippen molar-refractivity contribution in [1.82, 2.24) is 4.98 Å². The second-order valence-electron chi connectivity index (χ2n) is 6.61. The van der Waals surface area contributed by atoms with Crippen molar-refractivity contribution >= 4 is 16.5 Å². The van der Waals surface area contributed by atoms with E-state index in [1.165, 1.54) is 50.6 Å². The number of rotatable bonds is 1. The van der Waals surface area contributed by atoms with Crippen molar-refractivity contribution in [2.75, 3.05) is 5.73 Å². The predicted octanol–water partition coefficient (Wildman–Crippen LogP) is 3.58. The lowest BCUT2D eigenvalue weighted by atomic mass is 9.57. The van der Waals surface area contributed by atoms with Gasteiger partial charge in [0.15, 0.2) is 5.13 Å². The number of hydrogen-bond donors (Lipinski definition) is 1. The largest absolute Gasteiger partial charge is 0.375 e. The minimum atomic E-state index is 0.418. The molecule has 0 amide bonds. The summed E-state index contributed by atoms with van der Waals surface area (Å²) in [5.74, 6) is 2.94. The maximum atomic E-state index is 5.84. The van der Waals surface area contributed by atoms with Gasteiger partial charge in [-0.2, -0.15) is 0 Å². The van der Waals surface area contributed by atoms with Crippen LogP contribution in [-0.4, -0.2) is 4.98 Å². The van der Waals surface area contributed by atoms with Crippen molar-refractivity contribution in [1.29, 1.82) is 0 Å². The van der Waals surface area contributed by atoms with Gasteiger partial charge in [-0.3, -0.25) is 0 Å². The van der Waals surface area contributed by atoms with Gasteiger partial charge in [0.1, 0.15) is 0 Å². The van der Waals surface area contributed by atoms with Gasteiger partial charge in [0, 0.05) is 10.8 Å². The lowest BCUT2D eigenvalue weighted by Crippen LogP contribution is -2.41. The molecular formula is C14H20N2S. The van der Waals surface area contributed by atoms with Gasteiger partial charge in [0.05, 0.1) is 5.69 Å². The van der Waals surface area contributed by atoms with Gasteiger partial charge in [-0.05, 0) is 49.9 Å². The maximum absolute atomic E-state index is 5.84. The van der Waals surface area contributed by atoms with Crippen LogP contribution in [0.3, 0.4) is 0 Å². The Morgan fingerprint density at radius 2 is 1.76 bits per heavy atom. The smallest absolute Gasteiger partial charge is 0.180 e. The number of nitrogens with zero attached hydrogens (tertiary/aromatic N) is 1. The summed E-state index contributed by atoms with van der Waals surface area (Å²) in [5, 5.41) is 3.00. The van der Waals surface area contributed by atoms with Crippen LogP contribution in [0.1, 0.15) is 50.6 Å². The second-order valence-corrected chi connectivity index (χ2v) is 7.50. The van der Waals surface area contributed by atoms with Crippen LogP contribution in [0.4, 0.5) is 5.13 Å². The summed E-state index contributed by atoms with van der Waals surface area (Å²) in [4.78, 5) is 4.64. The quantitative estimate of drug-likeness (QED) is 0.825. The van der Waals surface area contributed by atoms with Gasteiger partial charge < -0.3 is 5.73 Å². The molecule has 1 aromatic rings. The number of thiazole rings is 1. The first-order valence-corrected chi connectivity index (χ1v) is 7.83. The van der Waals surface area contributed by atoms with Crippen LogP contribution in [-0.2, 0) is 5.41 Å². The van der Waals surface area contributed by atoms with Crippen LogP contribution in [0.2, 0.25) is 0 Å². The van der Waals surface area contributed by atoms with E-state index in [2.05, 4.69) is 10.4 Å². The molecule has 2 unspecified atom stereocenters.